The molecule has 2 aliphatic carbocycles. The lowest BCUT2D eigenvalue weighted by Crippen LogP contribution is -2.43. The second-order valence-electron chi connectivity index (χ2n) is 6.80. The molecule has 0 spiro atoms. The molecule has 17 heavy (non-hydrogen) atoms. The fourth-order valence-electron chi connectivity index (χ4n) is 3.87. The van der Waals surface area contributed by atoms with Gasteiger partial charge in [0.15, 0.2) is 0 Å². The average molecular weight is 237 g/mol. The quantitative estimate of drug-likeness (QED) is 0.774. The van der Waals surface area contributed by atoms with Gasteiger partial charge in [-0.2, -0.15) is 0 Å². The highest BCUT2D eigenvalue weighted by Crippen LogP contribution is 2.32. The maximum atomic E-state index is 3.90. The van der Waals surface area contributed by atoms with Crippen LogP contribution in [0.25, 0.3) is 0 Å². The van der Waals surface area contributed by atoms with Crippen LogP contribution >= 0.6 is 0 Å². The van der Waals surface area contributed by atoms with Crippen LogP contribution in [0.4, 0.5) is 0 Å². The van der Waals surface area contributed by atoms with E-state index in [0.717, 1.165) is 29.7 Å². The van der Waals surface area contributed by atoms with Crippen LogP contribution in [0.15, 0.2) is 0 Å². The summed E-state index contributed by atoms with van der Waals surface area (Å²) in [7, 11) is 0. The minimum Gasteiger partial charge on any atom is -0.313 e. The van der Waals surface area contributed by atoms with Crippen LogP contribution in [0.1, 0.15) is 65.7 Å². The van der Waals surface area contributed by atoms with Crippen molar-refractivity contribution < 1.29 is 0 Å². The SMILES string of the molecule is CC1CCCCC1CNC1CCCC(C)C1C. The molecule has 2 rings (SSSR count). The number of hydrogen-bond acceptors (Lipinski definition) is 1. The summed E-state index contributed by atoms with van der Waals surface area (Å²) in [6.45, 7) is 8.62. The molecule has 0 aromatic rings. The molecule has 0 heterocycles. The van der Waals surface area contributed by atoms with Gasteiger partial charge in [-0.25, -0.2) is 0 Å². The second kappa shape index (κ2) is 6.22. The maximum Gasteiger partial charge on any atom is 0.00953 e. The van der Waals surface area contributed by atoms with Gasteiger partial charge in [0, 0.05) is 6.04 Å². The molecule has 0 saturated heterocycles. The van der Waals surface area contributed by atoms with Gasteiger partial charge in [-0.05, 0) is 43.1 Å². The van der Waals surface area contributed by atoms with Gasteiger partial charge in [-0.1, -0.05) is 52.9 Å². The molecule has 1 N–H and O–H groups in total. The van der Waals surface area contributed by atoms with Crippen molar-refractivity contribution in [2.24, 2.45) is 23.7 Å². The molecule has 2 aliphatic rings. The molecule has 0 aromatic heterocycles. The molecule has 2 fully saturated rings. The zero-order valence-corrected chi connectivity index (χ0v) is 12.0. The predicted molar refractivity (Wildman–Crippen MR) is 75.1 cm³/mol. The molecular formula is C16H31N. The molecule has 0 radical (unpaired) electrons. The predicted octanol–water partition coefficient (Wildman–Crippen LogP) is 4.23. The van der Waals surface area contributed by atoms with E-state index in [1.807, 2.05) is 0 Å². The highest BCUT2D eigenvalue weighted by molar-refractivity contribution is 4.84. The Hall–Kier alpha value is -0.0400. The van der Waals surface area contributed by atoms with Gasteiger partial charge >= 0.3 is 0 Å². The monoisotopic (exact) mass is 237 g/mol. The molecule has 1 nitrogen and oxygen atoms in total. The normalized spacial score (nSPS) is 43.6. The molecule has 2 saturated carbocycles. The Morgan fingerprint density at radius 1 is 0.824 bits per heavy atom. The van der Waals surface area contributed by atoms with E-state index in [1.54, 1.807) is 0 Å². The lowest BCUT2D eigenvalue weighted by molar-refractivity contribution is 0.179. The standard InChI is InChI=1S/C16H31N/c1-12-8-6-10-16(14(12)3)17-11-15-9-5-4-7-13(15)2/h12-17H,4-11H2,1-3H3. The van der Waals surface area contributed by atoms with Gasteiger partial charge in [0.2, 0.25) is 0 Å². The fraction of sp³-hybridized carbons (Fsp3) is 1.00. The Kier molecular flexibility index (Phi) is 4.90. The van der Waals surface area contributed by atoms with Crippen molar-refractivity contribution in [2.75, 3.05) is 6.54 Å². The van der Waals surface area contributed by atoms with Gasteiger partial charge in [-0.3, -0.25) is 0 Å². The third kappa shape index (κ3) is 3.47. The molecule has 5 unspecified atom stereocenters. The third-order valence-corrected chi connectivity index (χ3v) is 5.64. The highest BCUT2D eigenvalue weighted by Gasteiger charge is 2.28. The molecular weight excluding hydrogens is 206 g/mol. The van der Waals surface area contributed by atoms with Crippen LogP contribution in [-0.4, -0.2) is 12.6 Å². The summed E-state index contributed by atoms with van der Waals surface area (Å²) >= 11 is 0. The number of rotatable bonds is 3. The van der Waals surface area contributed by atoms with Gasteiger partial charge in [0.05, 0.1) is 0 Å². The summed E-state index contributed by atoms with van der Waals surface area (Å²) in [5, 5.41) is 3.90. The summed E-state index contributed by atoms with van der Waals surface area (Å²) in [5.74, 6) is 3.70. The lowest BCUT2D eigenvalue weighted by Gasteiger charge is -2.37. The molecule has 0 aromatic carbocycles. The zero-order chi connectivity index (χ0) is 12.3. The van der Waals surface area contributed by atoms with Crippen molar-refractivity contribution in [3.63, 3.8) is 0 Å². The van der Waals surface area contributed by atoms with E-state index in [9.17, 15) is 0 Å². The minimum absolute atomic E-state index is 0.799. The lowest BCUT2D eigenvalue weighted by atomic mass is 9.77. The number of hydrogen-bond donors (Lipinski definition) is 1. The van der Waals surface area contributed by atoms with Crippen LogP contribution in [0.2, 0.25) is 0 Å². The zero-order valence-electron chi connectivity index (χ0n) is 12.0. The Morgan fingerprint density at radius 3 is 2.29 bits per heavy atom. The first-order valence-electron chi connectivity index (χ1n) is 7.92. The van der Waals surface area contributed by atoms with Crippen LogP contribution in [0.5, 0.6) is 0 Å². The van der Waals surface area contributed by atoms with E-state index in [0.29, 0.717) is 0 Å². The van der Waals surface area contributed by atoms with Crippen molar-refractivity contribution in [3.05, 3.63) is 0 Å². The van der Waals surface area contributed by atoms with E-state index in [1.165, 1.54) is 51.5 Å². The Morgan fingerprint density at radius 2 is 1.53 bits per heavy atom. The van der Waals surface area contributed by atoms with Crippen molar-refractivity contribution in [1.82, 2.24) is 5.32 Å². The Balaban J connectivity index is 1.76. The molecule has 0 aliphatic heterocycles. The van der Waals surface area contributed by atoms with Gasteiger partial charge < -0.3 is 5.32 Å². The topological polar surface area (TPSA) is 12.0 Å². The summed E-state index contributed by atoms with van der Waals surface area (Å²) in [6, 6.07) is 0.799. The summed E-state index contributed by atoms with van der Waals surface area (Å²) in [4.78, 5) is 0. The molecule has 0 amide bonds. The van der Waals surface area contributed by atoms with Crippen molar-refractivity contribution >= 4 is 0 Å². The van der Waals surface area contributed by atoms with E-state index in [4.69, 9.17) is 0 Å². The van der Waals surface area contributed by atoms with E-state index >= 15 is 0 Å². The summed E-state index contributed by atoms with van der Waals surface area (Å²) in [6.07, 6.45) is 10.1. The third-order valence-electron chi connectivity index (χ3n) is 5.64. The molecule has 100 valence electrons. The maximum absolute atomic E-state index is 3.90. The summed E-state index contributed by atoms with van der Waals surface area (Å²) in [5.41, 5.74) is 0. The Bertz CT molecular complexity index is 226. The first-order valence-corrected chi connectivity index (χ1v) is 7.92. The van der Waals surface area contributed by atoms with E-state index in [-0.39, 0.29) is 0 Å². The largest absolute Gasteiger partial charge is 0.313 e. The molecule has 5 atom stereocenters. The van der Waals surface area contributed by atoms with Gasteiger partial charge in [0.1, 0.15) is 0 Å². The van der Waals surface area contributed by atoms with Crippen LogP contribution < -0.4 is 5.32 Å². The second-order valence-corrected chi connectivity index (χ2v) is 6.80. The van der Waals surface area contributed by atoms with Crippen LogP contribution in [0, 0.1) is 23.7 Å². The molecule has 1 heteroatoms. The van der Waals surface area contributed by atoms with Gasteiger partial charge in [0.25, 0.3) is 0 Å². The van der Waals surface area contributed by atoms with E-state index < -0.39 is 0 Å². The fourth-order valence-corrected chi connectivity index (χ4v) is 3.87. The van der Waals surface area contributed by atoms with Crippen LogP contribution in [0.3, 0.4) is 0 Å². The van der Waals surface area contributed by atoms with Crippen molar-refractivity contribution in [1.29, 1.82) is 0 Å². The van der Waals surface area contributed by atoms with Crippen molar-refractivity contribution in [2.45, 2.75) is 71.8 Å². The first kappa shape index (κ1) is 13.4. The first-order chi connectivity index (χ1) is 8.18. The highest BCUT2D eigenvalue weighted by atomic mass is 14.9. The smallest absolute Gasteiger partial charge is 0.00953 e. The minimum atomic E-state index is 0.799. The van der Waals surface area contributed by atoms with Crippen LogP contribution in [-0.2, 0) is 0 Å². The molecule has 0 bridgehead atoms. The van der Waals surface area contributed by atoms with Crippen molar-refractivity contribution in [3.8, 4) is 0 Å². The number of nitrogens with one attached hydrogen (secondary N) is 1. The summed E-state index contributed by atoms with van der Waals surface area (Å²) < 4.78 is 0. The average Bonchev–Trinajstić information content (AvgIpc) is 2.33. The van der Waals surface area contributed by atoms with Gasteiger partial charge in [-0.15, -0.1) is 0 Å². The van der Waals surface area contributed by atoms with E-state index in [2.05, 4.69) is 26.1 Å². The Labute approximate surface area is 108 Å².